The van der Waals surface area contributed by atoms with Crippen LogP contribution >= 0.6 is 23.5 Å². The molecule has 0 spiro atoms. The number of thioether (sulfide) groups is 2. The van der Waals surface area contributed by atoms with Crippen molar-refractivity contribution in [1.29, 1.82) is 0 Å². The van der Waals surface area contributed by atoms with Gasteiger partial charge < -0.3 is 11.1 Å². The minimum Gasteiger partial charge on any atom is -0.325 e. The molecule has 0 unspecified atom stereocenters. The maximum Gasteiger partial charge on any atom is 0.240 e. The summed E-state index contributed by atoms with van der Waals surface area (Å²) in [5, 5.41) is 2.82. The van der Waals surface area contributed by atoms with E-state index in [2.05, 4.69) is 11.4 Å². The Morgan fingerprint density at radius 3 is 2.82 bits per heavy atom. The van der Waals surface area contributed by atoms with Gasteiger partial charge in [0.05, 0.1) is 10.6 Å². The molecule has 5 heteroatoms. The van der Waals surface area contributed by atoms with Crippen LogP contribution in [0.5, 0.6) is 0 Å². The quantitative estimate of drug-likeness (QED) is 0.884. The van der Waals surface area contributed by atoms with Gasteiger partial charge in [0.15, 0.2) is 0 Å². The molecule has 0 saturated carbocycles. The molecule has 3 nitrogen and oxygen atoms in total. The normalized spacial score (nSPS) is 18.0. The van der Waals surface area contributed by atoms with E-state index in [1.54, 1.807) is 6.92 Å². The highest BCUT2D eigenvalue weighted by Gasteiger charge is 2.18. The van der Waals surface area contributed by atoms with E-state index < -0.39 is 6.04 Å². The van der Waals surface area contributed by atoms with E-state index in [1.165, 1.54) is 17.1 Å². The van der Waals surface area contributed by atoms with Gasteiger partial charge in [0.2, 0.25) is 5.91 Å². The van der Waals surface area contributed by atoms with E-state index >= 15 is 0 Å². The van der Waals surface area contributed by atoms with Crippen molar-refractivity contribution in [3.05, 3.63) is 29.8 Å². The van der Waals surface area contributed by atoms with Gasteiger partial charge in [-0.15, -0.1) is 23.5 Å². The molecular formula is C12H16N2OS2. The second kappa shape index (κ2) is 5.80. The van der Waals surface area contributed by atoms with Crippen LogP contribution in [0.25, 0.3) is 0 Å². The first-order valence-electron chi connectivity index (χ1n) is 5.56. The van der Waals surface area contributed by atoms with E-state index in [0.29, 0.717) is 4.58 Å². The summed E-state index contributed by atoms with van der Waals surface area (Å²) in [5.74, 6) is 2.26. The van der Waals surface area contributed by atoms with Crippen molar-refractivity contribution >= 4 is 35.1 Å². The summed E-state index contributed by atoms with van der Waals surface area (Å²) < 4.78 is 0.502. The van der Waals surface area contributed by atoms with E-state index in [9.17, 15) is 4.79 Å². The number of nitrogens with two attached hydrogens (primary N) is 1. The number of carbonyl (C=O) groups is 1. The molecule has 1 heterocycles. The van der Waals surface area contributed by atoms with Gasteiger partial charge in [-0.25, -0.2) is 0 Å². The number of nitrogens with one attached hydrogen (secondary N) is 1. The molecule has 0 aliphatic carbocycles. The molecule has 3 N–H and O–H groups in total. The lowest BCUT2D eigenvalue weighted by Gasteiger charge is -2.12. The predicted molar refractivity (Wildman–Crippen MR) is 76.4 cm³/mol. The minimum absolute atomic E-state index is 0.145. The fraction of sp³-hybridized carbons (Fsp3) is 0.417. The summed E-state index contributed by atoms with van der Waals surface area (Å²) in [5.41, 5.74) is 7.62. The highest BCUT2D eigenvalue weighted by Crippen LogP contribution is 2.45. The zero-order chi connectivity index (χ0) is 12.3. The van der Waals surface area contributed by atoms with Crippen molar-refractivity contribution in [3.8, 4) is 0 Å². The molecule has 0 aromatic heterocycles. The van der Waals surface area contributed by atoms with Crippen molar-refractivity contribution in [3.63, 3.8) is 0 Å². The molecule has 1 atom stereocenters. The Labute approximate surface area is 110 Å². The third-order valence-corrected chi connectivity index (χ3v) is 5.57. The van der Waals surface area contributed by atoms with Crippen molar-refractivity contribution < 1.29 is 4.79 Å². The molecule has 1 aliphatic rings. The molecule has 0 radical (unpaired) electrons. The number of carbonyl (C=O) groups excluding carboxylic acids is 1. The lowest BCUT2D eigenvalue weighted by molar-refractivity contribution is -0.117. The van der Waals surface area contributed by atoms with Crippen molar-refractivity contribution in [2.45, 2.75) is 17.5 Å². The summed E-state index contributed by atoms with van der Waals surface area (Å²) in [6.07, 6.45) is 0. The van der Waals surface area contributed by atoms with Gasteiger partial charge in [-0.1, -0.05) is 12.1 Å². The fourth-order valence-corrected chi connectivity index (χ4v) is 4.41. The van der Waals surface area contributed by atoms with Crippen LogP contribution < -0.4 is 11.1 Å². The molecule has 1 saturated heterocycles. The van der Waals surface area contributed by atoms with Crippen molar-refractivity contribution in [1.82, 2.24) is 0 Å². The summed E-state index contributed by atoms with van der Waals surface area (Å²) in [6, 6.07) is 7.54. The largest absolute Gasteiger partial charge is 0.325 e. The van der Waals surface area contributed by atoms with Crippen LogP contribution in [0.3, 0.4) is 0 Å². The van der Waals surface area contributed by atoms with E-state index in [0.717, 1.165) is 5.69 Å². The second-order valence-corrected chi connectivity index (χ2v) is 6.70. The van der Waals surface area contributed by atoms with Gasteiger partial charge in [0, 0.05) is 17.2 Å². The molecule has 2 rings (SSSR count). The molecule has 1 aliphatic heterocycles. The first kappa shape index (κ1) is 12.8. The van der Waals surface area contributed by atoms with Crippen LogP contribution in [0.15, 0.2) is 24.3 Å². The van der Waals surface area contributed by atoms with Gasteiger partial charge in [-0.05, 0) is 24.6 Å². The van der Waals surface area contributed by atoms with Crippen LogP contribution in [0.4, 0.5) is 5.69 Å². The highest BCUT2D eigenvalue weighted by molar-refractivity contribution is 8.19. The topological polar surface area (TPSA) is 55.1 Å². The van der Waals surface area contributed by atoms with Crippen LogP contribution in [-0.4, -0.2) is 23.5 Å². The standard InChI is InChI=1S/C12H16N2OS2/c1-8(13)11(15)14-10-4-2-3-9(7-10)12-16-5-6-17-12/h2-4,7-8,12H,5-6,13H2,1H3,(H,14,15)/t8-/m0/s1. The Morgan fingerprint density at radius 1 is 1.47 bits per heavy atom. The summed E-state index contributed by atoms with van der Waals surface area (Å²) >= 11 is 3.91. The van der Waals surface area contributed by atoms with E-state index in [1.807, 2.05) is 41.7 Å². The van der Waals surface area contributed by atoms with Gasteiger partial charge in [0.1, 0.15) is 0 Å². The Hall–Kier alpha value is -0.650. The number of hydrogen-bond acceptors (Lipinski definition) is 4. The Balaban J connectivity index is 2.08. The Kier molecular flexibility index (Phi) is 4.36. The van der Waals surface area contributed by atoms with Crippen LogP contribution in [-0.2, 0) is 4.79 Å². The highest BCUT2D eigenvalue weighted by atomic mass is 32.2. The number of anilines is 1. The Bertz CT molecular complexity index is 403. The van der Waals surface area contributed by atoms with Crippen LogP contribution in [0, 0.1) is 0 Å². The number of rotatable bonds is 3. The molecule has 17 heavy (non-hydrogen) atoms. The van der Waals surface area contributed by atoms with Crippen LogP contribution in [0.1, 0.15) is 17.1 Å². The van der Waals surface area contributed by atoms with Gasteiger partial charge in [-0.3, -0.25) is 4.79 Å². The zero-order valence-corrected chi connectivity index (χ0v) is 11.3. The third kappa shape index (κ3) is 3.40. The Morgan fingerprint density at radius 2 is 2.18 bits per heavy atom. The van der Waals surface area contributed by atoms with Crippen molar-refractivity contribution in [2.75, 3.05) is 16.8 Å². The number of amides is 1. The molecule has 92 valence electrons. The lowest BCUT2D eigenvalue weighted by Crippen LogP contribution is -2.32. The van der Waals surface area contributed by atoms with Gasteiger partial charge >= 0.3 is 0 Å². The first-order chi connectivity index (χ1) is 8.16. The molecule has 1 fully saturated rings. The van der Waals surface area contributed by atoms with Crippen molar-refractivity contribution in [2.24, 2.45) is 5.73 Å². The molecule has 1 aromatic carbocycles. The van der Waals surface area contributed by atoms with Gasteiger partial charge in [-0.2, -0.15) is 0 Å². The number of benzene rings is 1. The average molecular weight is 268 g/mol. The fourth-order valence-electron chi connectivity index (χ4n) is 1.57. The summed E-state index contributed by atoms with van der Waals surface area (Å²) in [7, 11) is 0. The molecular weight excluding hydrogens is 252 g/mol. The second-order valence-electron chi connectivity index (χ2n) is 3.98. The average Bonchev–Trinajstić information content (AvgIpc) is 2.82. The molecule has 0 bridgehead atoms. The van der Waals surface area contributed by atoms with Gasteiger partial charge in [0.25, 0.3) is 0 Å². The lowest BCUT2D eigenvalue weighted by atomic mass is 10.2. The molecule has 1 amide bonds. The predicted octanol–water partition coefficient (Wildman–Crippen LogP) is 2.45. The smallest absolute Gasteiger partial charge is 0.240 e. The van der Waals surface area contributed by atoms with E-state index in [-0.39, 0.29) is 5.91 Å². The maximum absolute atomic E-state index is 11.5. The zero-order valence-electron chi connectivity index (χ0n) is 9.68. The monoisotopic (exact) mass is 268 g/mol. The maximum atomic E-state index is 11.5. The summed E-state index contributed by atoms with van der Waals surface area (Å²) in [4.78, 5) is 11.5. The van der Waals surface area contributed by atoms with E-state index in [4.69, 9.17) is 5.73 Å². The first-order valence-corrected chi connectivity index (χ1v) is 7.66. The molecule has 1 aromatic rings. The van der Waals surface area contributed by atoms with Crippen LogP contribution in [0.2, 0.25) is 0 Å². The summed E-state index contributed by atoms with van der Waals surface area (Å²) in [6.45, 7) is 1.68. The number of hydrogen-bond donors (Lipinski definition) is 2. The minimum atomic E-state index is -0.478. The SMILES string of the molecule is C[C@H](N)C(=O)Nc1cccc(C2SCCS2)c1. The third-order valence-electron chi connectivity index (χ3n) is 2.46.